The molecule has 0 amide bonds. The van der Waals surface area contributed by atoms with Gasteiger partial charge in [-0.1, -0.05) is 30.4 Å². The summed E-state index contributed by atoms with van der Waals surface area (Å²) >= 11 is 0. The maximum absolute atomic E-state index is 11.0. The summed E-state index contributed by atoms with van der Waals surface area (Å²) < 4.78 is 0. The van der Waals surface area contributed by atoms with Crippen molar-refractivity contribution in [1.82, 2.24) is 0 Å². The Bertz CT molecular complexity index is 387. The van der Waals surface area contributed by atoms with Gasteiger partial charge in [-0.3, -0.25) is 4.89 Å². The Morgan fingerprint density at radius 1 is 1.43 bits per heavy atom. The molecule has 4 heteroatoms. The highest BCUT2D eigenvalue weighted by Crippen LogP contribution is 2.22. The van der Waals surface area contributed by atoms with Gasteiger partial charge in [-0.2, -0.15) is 5.26 Å². The number of anilines is 1. The quantitative estimate of drug-likeness (QED) is 0.521. The van der Waals surface area contributed by atoms with Gasteiger partial charge in [0.1, 0.15) is 6.04 Å². The molecule has 0 saturated carbocycles. The number of carbonyl (C=O) groups is 1. The number of rotatable bonds is 1. The van der Waals surface area contributed by atoms with Crippen LogP contribution in [0, 0.1) is 0 Å². The lowest BCUT2D eigenvalue weighted by molar-refractivity contribution is -0.234. The molecule has 14 heavy (non-hydrogen) atoms. The first-order chi connectivity index (χ1) is 6.81. The zero-order valence-electron chi connectivity index (χ0n) is 7.31. The van der Waals surface area contributed by atoms with Crippen molar-refractivity contribution in [1.29, 1.82) is 0 Å². The van der Waals surface area contributed by atoms with Crippen molar-refractivity contribution in [3.63, 3.8) is 0 Å². The van der Waals surface area contributed by atoms with Crippen molar-refractivity contribution in [2.45, 2.75) is 6.04 Å². The van der Waals surface area contributed by atoms with E-state index in [1.807, 2.05) is 30.3 Å². The van der Waals surface area contributed by atoms with Gasteiger partial charge in [-0.15, -0.1) is 0 Å². The normalized spacial score (nSPS) is 18.2. The van der Waals surface area contributed by atoms with Gasteiger partial charge >= 0.3 is 5.97 Å². The first kappa shape index (κ1) is 8.77. The van der Waals surface area contributed by atoms with Gasteiger partial charge in [-0.05, 0) is 11.6 Å². The summed E-state index contributed by atoms with van der Waals surface area (Å²) in [5, 5.41) is 11.1. The lowest BCUT2D eigenvalue weighted by Crippen LogP contribution is -2.30. The van der Waals surface area contributed by atoms with Crippen molar-refractivity contribution in [3.8, 4) is 0 Å². The Hall–Kier alpha value is -1.81. The summed E-state index contributed by atoms with van der Waals surface area (Å²) in [7, 11) is 0. The maximum atomic E-state index is 11.0. The van der Waals surface area contributed by atoms with E-state index in [9.17, 15) is 4.79 Å². The molecule has 0 spiro atoms. The summed E-state index contributed by atoms with van der Waals surface area (Å²) in [6.45, 7) is 0. The Balaban J connectivity index is 2.25. The Morgan fingerprint density at radius 2 is 2.21 bits per heavy atom. The average molecular weight is 191 g/mol. The van der Waals surface area contributed by atoms with Crippen LogP contribution in [0.25, 0.3) is 6.08 Å². The zero-order chi connectivity index (χ0) is 9.97. The number of hydrogen-bond donors (Lipinski definition) is 2. The number of nitrogens with one attached hydrogen (secondary N) is 1. The molecule has 0 aliphatic carbocycles. The number of fused-ring (bicyclic) bond motifs is 1. The predicted octanol–water partition coefficient (Wildman–Crippen LogP) is 1.51. The summed E-state index contributed by atoms with van der Waals surface area (Å²) in [5.74, 6) is -0.712. The number of hydrogen-bond acceptors (Lipinski definition) is 4. The van der Waals surface area contributed by atoms with E-state index in [4.69, 9.17) is 5.26 Å². The van der Waals surface area contributed by atoms with E-state index < -0.39 is 12.0 Å². The first-order valence-electron chi connectivity index (χ1n) is 4.20. The van der Waals surface area contributed by atoms with Crippen molar-refractivity contribution >= 4 is 17.7 Å². The molecular formula is C10H9NO3. The molecule has 1 aliphatic rings. The third-order valence-electron chi connectivity index (χ3n) is 2.08. The van der Waals surface area contributed by atoms with Crippen LogP contribution >= 0.6 is 0 Å². The van der Waals surface area contributed by atoms with Crippen molar-refractivity contribution in [3.05, 3.63) is 35.9 Å². The zero-order valence-corrected chi connectivity index (χ0v) is 7.31. The van der Waals surface area contributed by atoms with Gasteiger partial charge in [0.05, 0.1) is 0 Å². The highest BCUT2D eigenvalue weighted by atomic mass is 17.1. The van der Waals surface area contributed by atoms with Crippen LogP contribution in [0.2, 0.25) is 0 Å². The van der Waals surface area contributed by atoms with Gasteiger partial charge in [0.15, 0.2) is 0 Å². The minimum absolute atomic E-state index is 0.616. The van der Waals surface area contributed by atoms with Gasteiger partial charge in [0.2, 0.25) is 0 Å². The molecule has 1 heterocycles. The van der Waals surface area contributed by atoms with Gasteiger partial charge in [-0.25, -0.2) is 4.79 Å². The molecule has 1 aromatic rings. The first-order valence-corrected chi connectivity index (χ1v) is 4.20. The molecule has 1 atom stereocenters. The minimum Gasteiger partial charge on any atom is -0.369 e. The number of para-hydroxylation sites is 1. The van der Waals surface area contributed by atoms with Crippen LogP contribution < -0.4 is 5.32 Å². The predicted molar refractivity (Wildman–Crippen MR) is 51.6 cm³/mol. The molecule has 0 aromatic heterocycles. The van der Waals surface area contributed by atoms with Gasteiger partial charge in [0, 0.05) is 5.69 Å². The largest absolute Gasteiger partial charge is 0.369 e. The molecule has 1 unspecified atom stereocenters. The van der Waals surface area contributed by atoms with E-state index in [0.717, 1.165) is 11.3 Å². The fourth-order valence-electron chi connectivity index (χ4n) is 1.38. The van der Waals surface area contributed by atoms with Crippen LogP contribution in [0.15, 0.2) is 30.3 Å². The van der Waals surface area contributed by atoms with E-state index in [-0.39, 0.29) is 0 Å². The molecule has 0 saturated heterocycles. The smallest absolute Gasteiger partial charge is 0.367 e. The molecule has 0 fully saturated rings. The van der Waals surface area contributed by atoms with E-state index in [1.54, 1.807) is 6.08 Å². The average Bonchev–Trinajstić information content (AvgIpc) is 2.27. The second-order valence-electron chi connectivity index (χ2n) is 2.98. The SMILES string of the molecule is O=C(OO)C1C=Cc2ccccc2N1. The van der Waals surface area contributed by atoms with Crippen LogP contribution in [0.3, 0.4) is 0 Å². The van der Waals surface area contributed by atoms with E-state index in [0.29, 0.717) is 0 Å². The highest BCUT2D eigenvalue weighted by Gasteiger charge is 2.20. The fourth-order valence-corrected chi connectivity index (χ4v) is 1.38. The van der Waals surface area contributed by atoms with E-state index in [1.165, 1.54) is 0 Å². The van der Waals surface area contributed by atoms with E-state index in [2.05, 4.69) is 10.2 Å². The summed E-state index contributed by atoms with van der Waals surface area (Å²) in [6, 6.07) is 6.95. The molecule has 4 nitrogen and oxygen atoms in total. The topological polar surface area (TPSA) is 58.6 Å². The monoisotopic (exact) mass is 191 g/mol. The lowest BCUT2D eigenvalue weighted by Gasteiger charge is -2.19. The summed E-state index contributed by atoms with van der Waals surface area (Å²) in [4.78, 5) is 14.6. The molecule has 0 bridgehead atoms. The Labute approximate surface area is 80.7 Å². The van der Waals surface area contributed by atoms with Gasteiger partial charge < -0.3 is 5.32 Å². The fraction of sp³-hybridized carbons (Fsp3) is 0.100. The van der Waals surface area contributed by atoms with Crippen molar-refractivity contribution in [2.24, 2.45) is 0 Å². The third-order valence-corrected chi connectivity index (χ3v) is 2.08. The standard InChI is InChI=1S/C10H9NO3/c12-10(14-13)9-6-5-7-3-1-2-4-8(7)11-9/h1-6,9,11,13H. The third kappa shape index (κ3) is 1.47. The Morgan fingerprint density at radius 3 is 3.00 bits per heavy atom. The van der Waals surface area contributed by atoms with Crippen LogP contribution in [0.5, 0.6) is 0 Å². The number of benzene rings is 1. The molecule has 2 rings (SSSR count). The second kappa shape index (κ2) is 3.51. The van der Waals surface area contributed by atoms with Crippen LogP contribution in [0.4, 0.5) is 5.69 Å². The minimum atomic E-state index is -0.712. The summed E-state index contributed by atoms with van der Waals surface area (Å²) in [6.07, 6.45) is 3.45. The van der Waals surface area contributed by atoms with Crippen molar-refractivity contribution < 1.29 is 14.9 Å². The molecule has 1 aromatic carbocycles. The Kier molecular flexibility index (Phi) is 2.20. The molecule has 0 radical (unpaired) electrons. The van der Waals surface area contributed by atoms with Crippen molar-refractivity contribution in [2.75, 3.05) is 5.32 Å². The van der Waals surface area contributed by atoms with Crippen LogP contribution in [-0.2, 0) is 9.68 Å². The second-order valence-corrected chi connectivity index (χ2v) is 2.98. The lowest BCUT2D eigenvalue weighted by atomic mass is 10.1. The van der Waals surface area contributed by atoms with E-state index >= 15 is 0 Å². The van der Waals surface area contributed by atoms with Crippen LogP contribution in [0.1, 0.15) is 5.56 Å². The van der Waals surface area contributed by atoms with Gasteiger partial charge in [0.25, 0.3) is 0 Å². The molecular weight excluding hydrogens is 182 g/mol. The maximum Gasteiger partial charge on any atom is 0.367 e. The molecule has 2 N–H and O–H groups in total. The summed E-state index contributed by atoms with van der Waals surface area (Å²) in [5.41, 5.74) is 1.86. The number of carbonyl (C=O) groups excluding carboxylic acids is 1. The van der Waals surface area contributed by atoms with Crippen LogP contribution in [-0.4, -0.2) is 17.3 Å². The molecule has 1 aliphatic heterocycles. The highest BCUT2D eigenvalue weighted by molar-refractivity contribution is 5.86. The molecule has 72 valence electrons.